The second-order valence-electron chi connectivity index (χ2n) is 4.97. The van der Waals surface area contributed by atoms with E-state index in [0.29, 0.717) is 24.6 Å². The fourth-order valence-corrected chi connectivity index (χ4v) is 2.01. The molecule has 1 amide bonds. The Labute approximate surface area is 114 Å². The maximum absolute atomic E-state index is 12.2. The third-order valence-electron chi connectivity index (χ3n) is 2.91. The average Bonchev–Trinajstić information content (AvgIpc) is 2.35. The number of carbonyl (C=O) groups is 2. The van der Waals surface area contributed by atoms with E-state index in [1.807, 2.05) is 6.92 Å². The minimum Gasteiger partial charge on any atom is -0.478 e. The van der Waals surface area contributed by atoms with E-state index in [4.69, 9.17) is 5.11 Å². The zero-order chi connectivity index (χ0) is 14.4. The molecule has 0 aliphatic heterocycles. The lowest BCUT2D eigenvalue weighted by atomic mass is 10.0. The number of hydrogen-bond donors (Lipinski definition) is 1. The fourth-order valence-electron chi connectivity index (χ4n) is 2.01. The van der Waals surface area contributed by atoms with Crippen LogP contribution in [0.3, 0.4) is 0 Å². The molecule has 1 aromatic carbocycles. The van der Waals surface area contributed by atoms with Crippen LogP contribution in [0.25, 0.3) is 0 Å². The quantitative estimate of drug-likeness (QED) is 0.857. The van der Waals surface area contributed by atoms with Gasteiger partial charge in [-0.2, -0.15) is 0 Å². The molecule has 0 atom stereocenters. The highest BCUT2D eigenvalue weighted by Gasteiger charge is 2.17. The van der Waals surface area contributed by atoms with Crippen molar-refractivity contribution in [2.75, 3.05) is 13.1 Å². The van der Waals surface area contributed by atoms with Gasteiger partial charge in [0.05, 0.1) is 12.0 Å². The number of aromatic carboxylic acids is 1. The molecule has 4 nitrogen and oxygen atoms in total. The molecule has 0 saturated carbocycles. The van der Waals surface area contributed by atoms with Gasteiger partial charge in [-0.25, -0.2) is 4.79 Å². The fraction of sp³-hybridized carbons (Fsp3) is 0.467. The van der Waals surface area contributed by atoms with Crippen LogP contribution in [0.2, 0.25) is 0 Å². The lowest BCUT2D eigenvalue weighted by Gasteiger charge is -2.23. The number of rotatable bonds is 6. The molecule has 0 spiro atoms. The third-order valence-corrected chi connectivity index (χ3v) is 2.91. The Bertz CT molecular complexity index is 454. The topological polar surface area (TPSA) is 57.6 Å². The van der Waals surface area contributed by atoms with Crippen LogP contribution in [0, 0.1) is 5.92 Å². The second kappa shape index (κ2) is 6.92. The molecule has 0 bridgehead atoms. The Morgan fingerprint density at radius 3 is 2.42 bits per heavy atom. The van der Waals surface area contributed by atoms with E-state index in [9.17, 15) is 9.59 Å². The molecule has 0 aliphatic rings. The molecule has 0 unspecified atom stereocenters. The number of amides is 1. The lowest BCUT2D eigenvalue weighted by molar-refractivity contribution is -0.130. The van der Waals surface area contributed by atoms with Gasteiger partial charge in [0.2, 0.25) is 5.91 Å². The van der Waals surface area contributed by atoms with Crippen molar-refractivity contribution in [3.8, 4) is 0 Å². The molecule has 0 heterocycles. The van der Waals surface area contributed by atoms with Gasteiger partial charge in [0.25, 0.3) is 0 Å². The number of nitrogens with zero attached hydrogens (tertiary/aromatic N) is 1. The van der Waals surface area contributed by atoms with Crippen LogP contribution in [0.4, 0.5) is 0 Å². The van der Waals surface area contributed by atoms with Crippen molar-refractivity contribution in [2.45, 2.75) is 27.2 Å². The normalized spacial score (nSPS) is 10.5. The van der Waals surface area contributed by atoms with Crippen molar-refractivity contribution in [3.05, 3.63) is 35.4 Å². The second-order valence-corrected chi connectivity index (χ2v) is 4.97. The smallest absolute Gasteiger partial charge is 0.335 e. The monoisotopic (exact) mass is 263 g/mol. The van der Waals surface area contributed by atoms with Gasteiger partial charge in [0.15, 0.2) is 0 Å². The highest BCUT2D eigenvalue weighted by molar-refractivity contribution is 5.91. The first kappa shape index (κ1) is 15.2. The van der Waals surface area contributed by atoms with E-state index in [2.05, 4.69) is 13.8 Å². The Kier molecular flexibility index (Phi) is 5.55. The van der Waals surface area contributed by atoms with E-state index in [-0.39, 0.29) is 17.9 Å². The number of likely N-dealkylation sites (N-methyl/N-ethyl adjacent to an activating group) is 1. The van der Waals surface area contributed by atoms with Crippen LogP contribution >= 0.6 is 0 Å². The summed E-state index contributed by atoms with van der Waals surface area (Å²) in [5.74, 6) is -0.612. The number of hydrogen-bond acceptors (Lipinski definition) is 2. The maximum Gasteiger partial charge on any atom is 0.335 e. The summed E-state index contributed by atoms with van der Waals surface area (Å²) in [5, 5.41) is 9.09. The van der Waals surface area contributed by atoms with E-state index in [1.54, 1.807) is 23.1 Å². The molecule has 0 saturated heterocycles. The molecule has 0 aromatic heterocycles. The third kappa shape index (κ3) is 4.39. The largest absolute Gasteiger partial charge is 0.478 e. The minimum absolute atomic E-state index is 0.0232. The van der Waals surface area contributed by atoms with Gasteiger partial charge in [0, 0.05) is 13.1 Å². The Morgan fingerprint density at radius 2 is 1.89 bits per heavy atom. The summed E-state index contributed by atoms with van der Waals surface area (Å²) in [6, 6.07) is 6.66. The maximum atomic E-state index is 12.2. The highest BCUT2D eigenvalue weighted by atomic mass is 16.4. The predicted molar refractivity (Wildman–Crippen MR) is 74.2 cm³/mol. The van der Waals surface area contributed by atoms with Gasteiger partial charge in [-0.1, -0.05) is 32.0 Å². The summed E-state index contributed by atoms with van der Waals surface area (Å²) in [6.45, 7) is 7.39. The van der Waals surface area contributed by atoms with Crippen molar-refractivity contribution in [1.29, 1.82) is 0 Å². The minimum atomic E-state index is -0.990. The van der Waals surface area contributed by atoms with Crippen molar-refractivity contribution in [3.63, 3.8) is 0 Å². The van der Waals surface area contributed by atoms with Gasteiger partial charge in [-0.3, -0.25) is 4.79 Å². The molecule has 1 rings (SSSR count). The standard InChI is InChI=1S/C15H21NO3/c1-4-16(10-11(2)3)14(17)9-12-7-5-6-8-13(12)15(18)19/h5-8,11H,4,9-10H2,1-3H3,(H,18,19). The summed E-state index contributed by atoms with van der Waals surface area (Å²) >= 11 is 0. The van der Waals surface area contributed by atoms with Gasteiger partial charge >= 0.3 is 5.97 Å². The molecule has 19 heavy (non-hydrogen) atoms. The summed E-state index contributed by atoms with van der Waals surface area (Å²) in [4.78, 5) is 25.0. The van der Waals surface area contributed by atoms with Gasteiger partial charge in [-0.15, -0.1) is 0 Å². The SMILES string of the molecule is CCN(CC(C)C)C(=O)Cc1ccccc1C(=O)O. The first-order chi connectivity index (χ1) is 8.95. The van der Waals surface area contributed by atoms with Gasteiger partial charge in [0.1, 0.15) is 0 Å². The van der Waals surface area contributed by atoms with Crippen LogP contribution < -0.4 is 0 Å². The van der Waals surface area contributed by atoms with Crippen molar-refractivity contribution < 1.29 is 14.7 Å². The number of carboxylic acid groups (broad SMARTS) is 1. The highest BCUT2D eigenvalue weighted by Crippen LogP contribution is 2.11. The molecule has 0 radical (unpaired) electrons. The summed E-state index contributed by atoms with van der Waals surface area (Å²) in [6.07, 6.45) is 0.142. The van der Waals surface area contributed by atoms with Crippen molar-refractivity contribution in [2.24, 2.45) is 5.92 Å². The van der Waals surface area contributed by atoms with E-state index in [0.717, 1.165) is 0 Å². The summed E-state index contributed by atoms with van der Waals surface area (Å²) in [5.41, 5.74) is 0.777. The zero-order valence-electron chi connectivity index (χ0n) is 11.7. The Morgan fingerprint density at radius 1 is 1.26 bits per heavy atom. The van der Waals surface area contributed by atoms with Crippen LogP contribution in [0.5, 0.6) is 0 Å². The Balaban J connectivity index is 2.84. The van der Waals surface area contributed by atoms with E-state index < -0.39 is 5.97 Å². The molecule has 0 fully saturated rings. The zero-order valence-corrected chi connectivity index (χ0v) is 11.7. The average molecular weight is 263 g/mol. The van der Waals surface area contributed by atoms with E-state index >= 15 is 0 Å². The lowest BCUT2D eigenvalue weighted by Crippen LogP contribution is -2.35. The first-order valence-electron chi connectivity index (χ1n) is 6.54. The molecular weight excluding hydrogens is 242 g/mol. The van der Waals surface area contributed by atoms with E-state index in [1.165, 1.54) is 6.07 Å². The number of carboxylic acids is 1. The summed E-state index contributed by atoms with van der Waals surface area (Å²) in [7, 11) is 0. The van der Waals surface area contributed by atoms with Crippen molar-refractivity contribution >= 4 is 11.9 Å². The predicted octanol–water partition coefficient (Wildman–Crippen LogP) is 2.43. The molecule has 104 valence electrons. The first-order valence-corrected chi connectivity index (χ1v) is 6.54. The van der Waals surface area contributed by atoms with Crippen LogP contribution in [0.15, 0.2) is 24.3 Å². The molecular formula is C15H21NO3. The molecule has 1 N–H and O–H groups in total. The molecule has 4 heteroatoms. The van der Waals surface area contributed by atoms with Crippen LogP contribution in [-0.4, -0.2) is 35.0 Å². The molecule has 1 aromatic rings. The van der Waals surface area contributed by atoms with Crippen LogP contribution in [-0.2, 0) is 11.2 Å². The number of carbonyl (C=O) groups excluding carboxylic acids is 1. The van der Waals surface area contributed by atoms with Gasteiger partial charge < -0.3 is 10.0 Å². The summed E-state index contributed by atoms with van der Waals surface area (Å²) < 4.78 is 0. The molecule has 0 aliphatic carbocycles. The Hall–Kier alpha value is -1.84. The number of benzene rings is 1. The van der Waals surface area contributed by atoms with Gasteiger partial charge in [-0.05, 0) is 24.5 Å². The van der Waals surface area contributed by atoms with Crippen LogP contribution in [0.1, 0.15) is 36.7 Å². The van der Waals surface area contributed by atoms with Crippen molar-refractivity contribution in [1.82, 2.24) is 4.90 Å².